The molecular formula is C19H25N5O3S. The highest BCUT2D eigenvalue weighted by Gasteiger charge is 2.38. The van der Waals surface area contributed by atoms with E-state index in [2.05, 4.69) is 26.9 Å². The number of hydrogen-bond acceptors (Lipinski definition) is 6. The van der Waals surface area contributed by atoms with E-state index in [1.807, 2.05) is 25.4 Å². The lowest BCUT2D eigenvalue weighted by Gasteiger charge is -2.42. The van der Waals surface area contributed by atoms with Gasteiger partial charge >= 0.3 is 0 Å². The second-order valence-electron chi connectivity index (χ2n) is 7.53. The van der Waals surface area contributed by atoms with Crippen molar-refractivity contribution in [1.29, 1.82) is 0 Å². The van der Waals surface area contributed by atoms with E-state index >= 15 is 0 Å². The molecule has 4 rings (SSSR count). The lowest BCUT2D eigenvalue weighted by atomic mass is 9.93. The van der Waals surface area contributed by atoms with Gasteiger partial charge in [-0.3, -0.25) is 0 Å². The third kappa shape index (κ3) is 2.98. The second kappa shape index (κ2) is 6.89. The summed E-state index contributed by atoms with van der Waals surface area (Å²) in [4.78, 5) is 9.85. The molecule has 1 aliphatic heterocycles. The number of fused-ring (bicyclic) bond motifs is 1. The normalized spacial score (nSPS) is 21.3. The molecule has 0 bridgehead atoms. The number of rotatable bonds is 4. The maximum Gasteiger partial charge on any atom is 0.248 e. The maximum absolute atomic E-state index is 13.3. The second-order valence-corrected chi connectivity index (χ2v) is 9.41. The summed E-state index contributed by atoms with van der Waals surface area (Å²) >= 11 is 0. The van der Waals surface area contributed by atoms with Crippen molar-refractivity contribution in [2.24, 2.45) is 5.92 Å². The molecule has 0 spiro atoms. The maximum atomic E-state index is 13.3. The Labute approximate surface area is 164 Å². The molecular weight excluding hydrogens is 378 g/mol. The highest BCUT2D eigenvalue weighted by atomic mass is 32.2. The van der Waals surface area contributed by atoms with E-state index in [1.165, 1.54) is 0 Å². The van der Waals surface area contributed by atoms with Gasteiger partial charge in [-0.1, -0.05) is 12.1 Å². The first-order chi connectivity index (χ1) is 13.3. The molecule has 0 aromatic carbocycles. The number of anilines is 1. The molecule has 1 aliphatic rings. The molecule has 0 amide bonds. The first-order valence-electron chi connectivity index (χ1n) is 9.38. The Bertz CT molecular complexity index is 1080. The van der Waals surface area contributed by atoms with E-state index in [4.69, 9.17) is 4.52 Å². The Kier molecular flexibility index (Phi) is 4.67. The number of aryl methyl sites for hydroxylation is 2. The fourth-order valence-electron chi connectivity index (χ4n) is 4.15. The van der Waals surface area contributed by atoms with Gasteiger partial charge in [0.1, 0.15) is 16.2 Å². The summed E-state index contributed by atoms with van der Waals surface area (Å²) in [6.07, 6.45) is 4.43. The number of H-pyrrole nitrogens is 1. The van der Waals surface area contributed by atoms with Gasteiger partial charge in [0.05, 0.1) is 0 Å². The van der Waals surface area contributed by atoms with E-state index in [0.29, 0.717) is 30.5 Å². The molecule has 28 heavy (non-hydrogen) atoms. The molecule has 3 aromatic heterocycles. The van der Waals surface area contributed by atoms with Gasteiger partial charge in [0.2, 0.25) is 10.0 Å². The Balaban J connectivity index is 1.66. The molecule has 150 valence electrons. The molecule has 1 fully saturated rings. The Morgan fingerprint density at radius 1 is 1.32 bits per heavy atom. The van der Waals surface area contributed by atoms with Crippen LogP contribution in [-0.2, 0) is 10.0 Å². The summed E-state index contributed by atoms with van der Waals surface area (Å²) in [5.41, 5.74) is 2.27. The van der Waals surface area contributed by atoms with Crippen LogP contribution in [0.3, 0.4) is 0 Å². The van der Waals surface area contributed by atoms with Crippen LogP contribution >= 0.6 is 0 Å². The van der Waals surface area contributed by atoms with E-state index in [9.17, 15) is 8.42 Å². The molecule has 0 aliphatic carbocycles. The number of hydrogen-bond donors (Lipinski definition) is 1. The highest BCUT2D eigenvalue weighted by molar-refractivity contribution is 7.89. The van der Waals surface area contributed by atoms with Crippen molar-refractivity contribution in [3.63, 3.8) is 0 Å². The number of nitrogens with one attached hydrogen (secondary N) is 1. The predicted molar refractivity (Wildman–Crippen MR) is 107 cm³/mol. The molecule has 0 saturated carbocycles. The molecule has 0 radical (unpaired) electrons. The molecule has 8 nitrogen and oxygen atoms in total. The predicted octanol–water partition coefficient (Wildman–Crippen LogP) is 2.70. The molecule has 2 atom stereocenters. The minimum atomic E-state index is -3.65. The summed E-state index contributed by atoms with van der Waals surface area (Å²) in [5.74, 6) is 0.687. The van der Waals surface area contributed by atoms with Gasteiger partial charge in [0.15, 0.2) is 5.76 Å². The van der Waals surface area contributed by atoms with Gasteiger partial charge in [-0.2, -0.15) is 4.31 Å². The highest BCUT2D eigenvalue weighted by Crippen LogP contribution is 2.33. The number of aromatic amines is 1. The van der Waals surface area contributed by atoms with Crippen LogP contribution in [0.4, 0.5) is 5.69 Å². The van der Waals surface area contributed by atoms with Gasteiger partial charge in [-0.25, -0.2) is 13.4 Å². The number of sulfonamides is 1. The quantitative estimate of drug-likeness (QED) is 0.720. The van der Waals surface area contributed by atoms with E-state index < -0.39 is 10.0 Å². The van der Waals surface area contributed by atoms with Crippen LogP contribution in [0, 0.1) is 19.8 Å². The molecule has 1 saturated heterocycles. The van der Waals surface area contributed by atoms with Crippen molar-refractivity contribution in [2.45, 2.75) is 38.1 Å². The summed E-state index contributed by atoms with van der Waals surface area (Å²) in [7, 11) is -1.63. The third-order valence-corrected chi connectivity index (χ3v) is 7.87. The number of aromatic nitrogens is 3. The largest absolute Gasteiger partial charge is 0.369 e. The summed E-state index contributed by atoms with van der Waals surface area (Å²) in [5, 5.41) is 4.85. The zero-order valence-electron chi connectivity index (χ0n) is 16.5. The monoisotopic (exact) mass is 403 g/mol. The smallest absolute Gasteiger partial charge is 0.248 e. The lowest BCUT2D eigenvalue weighted by molar-refractivity contribution is 0.247. The van der Waals surface area contributed by atoms with E-state index in [-0.39, 0.29) is 10.9 Å². The average molecular weight is 404 g/mol. The molecule has 1 N–H and O–H groups in total. The van der Waals surface area contributed by atoms with Crippen molar-refractivity contribution in [1.82, 2.24) is 19.4 Å². The van der Waals surface area contributed by atoms with Crippen molar-refractivity contribution in [3.05, 3.63) is 36.0 Å². The van der Waals surface area contributed by atoms with Gasteiger partial charge in [-0.05, 0) is 38.3 Å². The van der Waals surface area contributed by atoms with Gasteiger partial charge in [-0.15, -0.1) is 0 Å². The van der Waals surface area contributed by atoms with Crippen LogP contribution < -0.4 is 4.90 Å². The minimum Gasteiger partial charge on any atom is -0.369 e. The third-order valence-electron chi connectivity index (χ3n) is 5.76. The van der Waals surface area contributed by atoms with Gasteiger partial charge < -0.3 is 14.4 Å². The fourth-order valence-corrected chi connectivity index (χ4v) is 5.91. The molecule has 1 unspecified atom stereocenters. The number of nitrogens with zero attached hydrogens (tertiary/aromatic N) is 4. The SMILES string of the molecule is Cc1noc(C)c1S(=O)(=O)N1CC[C@@H](C)C(N(C)c2ccnc3[nH]ccc23)C1. The molecule has 4 heterocycles. The first-order valence-corrected chi connectivity index (χ1v) is 10.8. The van der Waals surface area contributed by atoms with Crippen molar-refractivity contribution >= 4 is 26.7 Å². The van der Waals surface area contributed by atoms with E-state index in [0.717, 1.165) is 23.1 Å². The van der Waals surface area contributed by atoms with Crippen LogP contribution in [0.15, 0.2) is 33.9 Å². The fraction of sp³-hybridized carbons (Fsp3) is 0.474. The Hall–Kier alpha value is -2.39. The minimum absolute atomic E-state index is 0.0458. The van der Waals surface area contributed by atoms with Crippen LogP contribution in [0.2, 0.25) is 0 Å². The zero-order chi connectivity index (χ0) is 20.1. The lowest BCUT2D eigenvalue weighted by Crippen LogP contribution is -2.52. The van der Waals surface area contributed by atoms with Crippen LogP contribution in [0.5, 0.6) is 0 Å². The van der Waals surface area contributed by atoms with Crippen molar-refractivity contribution in [2.75, 3.05) is 25.0 Å². The van der Waals surface area contributed by atoms with Crippen LogP contribution in [0.25, 0.3) is 11.0 Å². The van der Waals surface area contributed by atoms with Gasteiger partial charge in [0, 0.05) is 49.6 Å². The topological polar surface area (TPSA) is 95.3 Å². The Morgan fingerprint density at radius 3 is 2.82 bits per heavy atom. The van der Waals surface area contributed by atoms with Crippen LogP contribution in [0.1, 0.15) is 24.8 Å². The summed E-state index contributed by atoms with van der Waals surface area (Å²) < 4.78 is 33.2. The molecule has 9 heteroatoms. The van der Waals surface area contributed by atoms with Crippen molar-refractivity contribution < 1.29 is 12.9 Å². The van der Waals surface area contributed by atoms with E-state index in [1.54, 1.807) is 24.3 Å². The first kappa shape index (κ1) is 18.9. The van der Waals surface area contributed by atoms with Crippen molar-refractivity contribution in [3.8, 4) is 0 Å². The average Bonchev–Trinajstić information content (AvgIpc) is 3.27. The standard InChI is InChI=1S/C19H25N5O3S/c1-12-7-10-24(28(25,26)18-13(2)22-27-14(18)3)11-17(12)23(4)16-6-9-21-19-15(16)5-8-20-19/h5-6,8-9,12,17H,7,10-11H2,1-4H3,(H,20,21)/t12-,17?/m1/s1. The molecule has 3 aromatic rings. The summed E-state index contributed by atoms with van der Waals surface area (Å²) in [6, 6.07) is 4.02. The zero-order valence-corrected chi connectivity index (χ0v) is 17.3. The number of piperidine rings is 1. The summed E-state index contributed by atoms with van der Waals surface area (Å²) in [6.45, 7) is 6.39. The van der Waals surface area contributed by atoms with Gasteiger partial charge in [0.25, 0.3) is 0 Å². The number of pyridine rings is 1. The Morgan fingerprint density at radius 2 is 2.11 bits per heavy atom. The van der Waals surface area contributed by atoms with Crippen LogP contribution in [-0.4, -0.2) is 54.0 Å². The number of likely N-dealkylation sites (N-methyl/N-ethyl adjacent to an activating group) is 1.